The van der Waals surface area contributed by atoms with Crippen molar-refractivity contribution < 1.29 is 43.9 Å². The molecule has 0 saturated carbocycles. The maximum atomic E-state index is 13.7. The largest absolute Gasteiger partial charge is 0.507 e. The lowest BCUT2D eigenvalue weighted by molar-refractivity contribution is -0.113. The number of alkyl halides is 1. The van der Waals surface area contributed by atoms with Crippen molar-refractivity contribution in [2.24, 2.45) is 10.2 Å². The number of carbonyl (C=O) groups is 1. The molecule has 0 aliphatic rings. The van der Waals surface area contributed by atoms with Gasteiger partial charge in [-0.3, -0.25) is 13.7 Å². The van der Waals surface area contributed by atoms with Gasteiger partial charge in [-0.15, -0.1) is 21.8 Å². The first kappa shape index (κ1) is 37.0. The van der Waals surface area contributed by atoms with Crippen LogP contribution in [-0.2, 0) is 35.1 Å². The number of benzene rings is 5. The van der Waals surface area contributed by atoms with Gasteiger partial charge in [0.1, 0.15) is 33.6 Å². The van der Waals surface area contributed by atoms with Gasteiger partial charge in [0.2, 0.25) is 5.91 Å². The number of nitrogens with zero attached hydrogens (tertiary/aromatic N) is 3. The first-order valence-electron chi connectivity index (χ1n) is 14.6. The first-order chi connectivity index (χ1) is 24.0. The molecule has 5 aromatic carbocycles. The number of nitrogens with one attached hydrogen (secondary N) is 1. The number of amides is 1. The van der Waals surface area contributed by atoms with E-state index in [2.05, 4.69) is 15.5 Å². The summed E-state index contributed by atoms with van der Waals surface area (Å²) < 4.78 is 92.4. The minimum Gasteiger partial charge on any atom is -0.507 e. The van der Waals surface area contributed by atoms with Crippen LogP contribution in [0.4, 0.5) is 28.4 Å². The van der Waals surface area contributed by atoms with E-state index in [1.165, 1.54) is 78.9 Å². The van der Waals surface area contributed by atoms with E-state index >= 15 is 0 Å². The zero-order valence-corrected chi connectivity index (χ0v) is 29.5. The lowest BCUT2D eigenvalue weighted by atomic mass is 10.1. The molecule has 19 heteroatoms. The van der Waals surface area contributed by atoms with Crippen molar-refractivity contribution in [2.45, 2.75) is 21.6 Å². The summed E-state index contributed by atoms with van der Waals surface area (Å²) in [7, 11) is -13.3. The Bertz CT molecular complexity index is 2500. The summed E-state index contributed by atoms with van der Waals surface area (Å²) in [5.74, 6) is -1.30. The van der Waals surface area contributed by atoms with Gasteiger partial charge in [-0.25, -0.2) is 8.42 Å². The van der Waals surface area contributed by atoms with Crippen LogP contribution >= 0.6 is 11.6 Å². The molecule has 0 fully saturated rings. The Labute approximate surface area is 297 Å². The molecular formula is C32H28ClN5O10S3. The van der Waals surface area contributed by atoms with Crippen molar-refractivity contribution >= 4 is 87.0 Å². The van der Waals surface area contributed by atoms with Crippen molar-refractivity contribution in [3.8, 4) is 11.5 Å². The monoisotopic (exact) mass is 773 g/mol. The maximum Gasteiger partial charge on any atom is 0.341 e. The molecule has 51 heavy (non-hydrogen) atoms. The highest BCUT2D eigenvalue weighted by Crippen LogP contribution is 2.41. The van der Waals surface area contributed by atoms with Crippen molar-refractivity contribution in [3.05, 3.63) is 97.1 Å². The molecule has 1 amide bonds. The average Bonchev–Trinajstić information content (AvgIpc) is 3.08. The van der Waals surface area contributed by atoms with Crippen LogP contribution in [0.15, 0.2) is 122 Å². The molecule has 15 nitrogen and oxygen atoms in total. The molecule has 266 valence electrons. The molecule has 0 radical (unpaired) electrons. The number of aromatic hydroxyl groups is 1. The van der Waals surface area contributed by atoms with Gasteiger partial charge in [-0.1, -0.05) is 18.2 Å². The number of nitrogens with two attached hydrogens (primary N) is 1. The summed E-state index contributed by atoms with van der Waals surface area (Å²) in [6.07, 6.45) is 0. The Morgan fingerprint density at radius 1 is 0.882 bits per heavy atom. The minimum absolute atomic E-state index is 0.0242. The van der Waals surface area contributed by atoms with Crippen LogP contribution in [-0.4, -0.2) is 53.2 Å². The molecule has 0 heterocycles. The van der Waals surface area contributed by atoms with Crippen LogP contribution in [0.2, 0.25) is 0 Å². The lowest BCUT2D eigenvalue weighted by Crippen LogP contribution is -2.30. The Morgan fingerprint density at radius 2 is 1.55 bits per heavy atom. The van der Waals surface area contributed by atoms with Crippen molar-refractivity contribution in [1.82, 2.24) is 0 Å². The normalized spacial score (nSPS) is 12.2. The van der Waals surface area contributed by atoms with Gasteiger partial charge in [0, 0.05) is 18.3 Å². The second-order valence-corrected chi connectivity index (χ2v) is 15.7. The first-order valence-corrected chi connectivity index (χ1v) is 19.4. The zero-order valence-electron chi connectivity index (χ0n) is 26.3. The molecule has 0 aliphatic carbocycles. The van der Waals surface area contributed by atoms with Gasteiger partial charge < -0.3 is 20.3 Å². The third-order valence-electron chi connectivity index (χ3n) is 7.23. The van der Waals surface area contributed by atoms with E-state index in [0.717, 1.165) is 22.5 Å². The van der Waals surface area contributed by atoms with Gasteiger partial charge in [-0.2, -0.15) is 16.8 Å². The molecule has 0 unspecified atom stereocenters. The maximum absolute atomic E-state index is 13.7. The third-order valence-corrected chi connectivity index (χ3v) is 11.5. The second-order valence-electron chi connectivity index (χ2n) is 10.6. The Morgan fingerprint density at radius 3 is 2.18 bits per heavy atom. The van der Waals surface area contributed by atoms with Gasteiger partial charge in [0.25, 0.3) is 20.1 Å². The number of sulfonamides is 1. The van der Waals surface area contributed by atoms with E-state index in [-0.39, 0.29) is 61.5 Å². The van der Waals surface area contributed by atoms with E-state index in [1.54, 1.807) is 6.92 Å². The van der Waals surface area contributed by atoms with E-state index < -0.39 is 46.8 Å². The fourth-order valence-corrected chi connectivity index (χ4v) is 8.03. The number of hydrogen-bond donors (Lipinski definition) is 4. The lowest BCUT2D eigenvalue weighted by Gasteiger charge is -2.23. The van der Waals surface area contributed by atoms with Crippen LogP contribution < -0.4 is 19.5 Å². The van der Waals surface area contributed by atoms with E-state index in [4.69, 9.17) is 21.5 Å². The fourth-order valence-electron chi connectivity index (χ4n) is 4.89. The summed E-state index contributed by atoms with van der Waals surface area (Å²) in [5, 5.41) is 22.1. The van der Waals surface area contributed by atoms with Gasteiger partial charge in [0.15, 0.2) is 0 Å². The molecule has 5 rings (SSSR count). The van der Waals surface area contributed by atoms with Crippen molar-refractivity contribution in [3.63, 3.8) is 0 Å². The number of halogens is 1. The summed E-state index contributed by atoms with van der Waals surface area (Å²) in [4.78, 5) is 10.4. The molecule has 0 saturated heterocycles. The number of carbonyl (C=O) groups excluding carboxylic acids is 1. The quantitative estimate of drug-likeness (QED) is 0.0380. The van der Waals surface area contributed by atoms with Crippen molar-refractivity contribution in [2.75, 3.05) is 27.8 Å². The topological polar surface area (TPSA) is 235 Å². The number of azo groups is 1. The summed E-state index contributed by atoms with van der Waals surface area (Å²) in [6, 6.07) is 20.8. The molecule has 0 atom stereocenters. The summed E-state index contributed by atoms with van der Waals surface area (Å²) in [5.41, 5.74) is 6.46. The predicted molar refractivity (Wildman–Crippen MR) is 191 cm³/mol. The Kier molecular flexibility index (Phi) is 10.5. The zero-order chi connectivity index (χ0) is 37.1. The predicted octanol–water partition coefficient (Wildman–Crippen LogP) is 5.95. The molecule has 0 bridgehead atoms. The van der Waals surface area contributed by atoms with Crippen LogP contribution in [0.5, 0.6) is 11.5 Å². The van der Waals surface area contributed by atoms with E-state index in [9.17, 15) is 39.7 Å². The van der Waals surface area contributed by atoms with Gasteiger partial charge in [-0.05, 0) is 85.1 Å². The Hall–Kier alpha value is -5.27. The number of phenols is 1. The standard InChI is InChI=1S/C32H28ClN5O10S3/c1-2-38(22-10-14-24(15-11-22)50(43,44)45)49(41,42)25-17-20-7-16-26(34)32(31(20)28(39)18-25)37-36-27-5-3-4-6-29(27)51(46,47)48-23-12-8-21(9-13-23)35-30(40)19-33/h3-18,39H,2,19,34H2,1H3,(H,35,40)(H,43,44,45). The number of phenolic OH excluding ortho intramolecular Hbond substituents is 1. The number of fused-ring (bicyclic) bond motifs is 1. The molecule has 5 aromatic rings. The van der Waals surface area contributed by atoms with Crippen molar-refractivity contribution in [1.29, 1.82) is 0 Å². The van der Waals surface area contributed by atoms with Crippen LogP contribution in [0.25, 0.3) is 10.8 Å². The Balaban J connectivity index is 1.47. The minimum atomic E-state index is -4.51. The number of hydrogen-bond acceptors (Lipinski definition) is 12. The van der Waals surface area contributed by atoms with Gasteiger partial charge in [0.05, 0.1) is 26.6 Å². The summed E-state index contributed by atoms with van der Waals surface area (Å²) in [6.45, 7) is 1.48. The fraction of sp³-hybridized carbons (Fsp3) is 0.0938. The van der Waals surface area contributed by atoms with Gasteiger partial charge >= 0.3 is 10.1 Å². The molecule has 0 aromatic heterocycles. The molecule has 5 N–H and O–H groups in total. The van der Waals surface area contributed by atoms with E-state index in [1.807, 2.05) is 0 Å². The third kappa shape index (κ3) is 8.05. The number of anilines is 3. The van der Waals surface area contributed by atoms with Crippen LogP contribution in [0, 0.1) is 0 Å². The molecule has 0 spiro atoms. The average molecular weight is 774 g/mol. The smallest absolute Gasteiger partial charge is 0.341 e. The van der Waals surface area contributed by atoms with Crippen LogP contribution in [0.1, 0.15) is 6.92 Å². The molecule has 0 aliphatic heterocycles. The highest BCUT2D eigenvalue weighted by atomic mass is 35.5. The highest BCUT2D eigenvalue weighted by Gasteiger charge is 2.27. The van der Waals surface area contributed by atoms with E-state index in [0.29, 0.717) is 5.69 Å². The number of rotatable bonds is 12. The highest BCUT2D eigenvalue weighted by molar-refractivity contribution is 7.92. The molecular weight excluding hydrogens is 746 g/mol. The summed E-state index contributed by atoms with van der Waals surface area (Å²) >= 11 is 5.49. The number of nitrogen functional groups attached to an aromatic ring is 1. The van der Waals surface area contributed by atoms with Crippen LogP contribution in [0.3, 0.4) is 0 Å². The SMILES string of the molecule is CCN(c1ccc(S(=O)(=O)O)cc1)S(=O)(=O)c1cc(O)c2c(N=Nc3ccccc3S(=O)(=O)Oc3ccc(NC(=O)CCl)cc3)c(N)ccc2c1. The second kappa shape index (κ2) is 14.5.